The fraction of sp³-hybridized carbons (Fsp3) is 0.692. The summed E-state index contributed by atoms with van der Waals surface area (Å²) in [5, 5.41) is 7.55. The largest absolute Gasteiger partial charge is 0.384 e. The van der Waals surface area contributed by atoms with Crippen LogP contribution in [-0.2, 0) is 0 Å². The topological polar surface area (TPSA) is 53.1 Å². The minimum absolute atomic E-state index is 0.00773. The fourth-order valence-corrected chi connectivity index (χ4v) is 2.36. The van der Waals surface area contributed by atoms with Crippen LogP contribution < -0.4 is 5.73 Å². The zero-order valence-electron chi connectivity index (χ0n) is 11.6. The van der Waals surface area contributed by atoms with Crippen molar-refractivity contribution in [1.82, 2.24) is 4.90 Å². The Kier molecular flexibility index (Phi) is 4.68. The van der Waals surface area contributed by atoms with E-state index in [2.05, 4.69) is 34.5 Å². The predicted molar refractivity (Wildman–Crippen MR) is 78.5 cm³/mol. The van der Waals surface area contributed by atoms with E-state index < -0.39 is 6.17 Å². The van der Waals surface area contributed by atoms with E-state index in [4.69, 9.17) is 11.1 Å². The number of amidine groups is 1. The van der Waals surface area contributed by atoms with Crippen molar-refractivity contribution >= 4 is 20.1 Å². The van der Waals surface area contributed by atoms with Gasteiger partial charge in [-0.15, -0.1) is 8.86 Å². The predicted octanol–water partition coefficient (Wildman–Crippen LogP) is 2.60. The zero-order chi connectivity index (χ0) is 14.1. The molecule has 0 aromatic rings. The summed E-state index contributed by atoms with van der Waals surface area (Å²) in [4.78, 5) is 2.06. The smallest absolute Gasteiger partial charge is 0.120 e. The number of nitrogens with zero attached hydrogens (tertiary/aromatic N) is 1. The Morgan fingerprint density at radius 2 is 2.11 bits per heavy atom. The molecule has 0 amide bonds. The third-order valence-corrected chi connectivity index (χ3v) is 4.74. The van der Waals surface area contributed by atoms with Gasteiger partial charge in [0.2, 0.25) is 0 Å². The van der Waals surface area contributed by atoms with Gasteiger partial charge < -0.3 is 5.73 Å². The van der Waals surface area contributed by atoms with Gasteiger partial charge in [-0.3, -0.25) is 10.3 Å². The Balaban J connectivity index is 2.91. The van der Waals surface area contributed by atoms with Gasteiger partial charge in [-0.05, 0) is 18.9 Å². The first-order valence-corrected chi connectivity index (χ1v) is 6.75. The van der Waals surface area contributed by atoms with Crippen molar-refractivity contribution in [2.45, 2.75) is 40.3 Å². The van der Waals surface area contributed by atoms with Gasteiger partial charge in [0.1, 0.15) is 12.0 Å². The first-order chi connectivity index (χ1) is 8.20. The number of rotatable bonds is 5. The first-order valence-electron chi connectivity index (χ1n) is 6.25. The van der Waals surface area contributed by atoms with Crippen molar-refractivity contribution in [3.63, 3.8) is 0 Å². The lowest BCUT2D eigenvalue weighted by atomic mass is 9.89. The van der Waals surface area contributed by atoms with E-state index in [1.165, 1.54) is 6.92 Å². The van der Waals surface area contributed by atoms with Gasteiger partial charge >= 0.3 is 0 Å². The molecule has 1 aliphatic heterocycles. The Morgan fingerprint density at radius 3 is 2.44 bits per heavy atom. The Labute approximate surface area is 111 Å². The molecule has 0 aromatic heterocycles. The van der Waals surface area contributed by atoms with Crippen molar-refractivity contribution in [3.05, 3.63) is 11.1 Å². The Morgan fingerprint density at radius 1 is 1.56 bits per heavy atom. The van der Waals surface area contributed by atoms with Crippen LogP contribution >= 0.6 is 8.86 Å². The maximum atomic E-state index is 13.6. The second kappa shape index (κ2) is 5.50. The highest BCUT2D eigenvalue weighted by atomic mass is 31.0. The molecular weight excluding hydrogens is 248 g/mol. The van der Waals surface area contributed by atoms with Crippen molar-refractivity contribution in [2.24, 2.45) is 11.1 Å². The summed E-state index contributed by atoms with van der Waals surface area (Å²) < 4.78 is 13.6. The van der Waals surface area contributed by atoms with Crippen LogP contribution in [0.5, 0.6) is 0 Å². The average molecular weight is 271 g/mol. The number of hydrogen-bond acceptors (Lipinski definition) is 1. The van der Waals surface area contributed by atoms with Crippen molar-refractivity contribution in [3.8, 4) is 0 Å². The van der Waals surface area contributed by atoms with Crippen LogP contribution in [0.3, 0.4) is 0 Å². The maximum Gasteiger partial charge on any atom is 0.120 e. The quantitative estimate of drug-likeness (QED) is 0.459. The van der Waals surface area contributed by atoms with Crippen LogP contribution in [0.4, 0.5) is 4.39 Å². The molecule has 18 heavy (non-hydrogen) atoms. The van der Waals surface area contributed by atoms with Crippen molar-refractivity contribution in [2.75, 3.05) is 13.1 Å². The van der Waals surface area contributed by atoms with Crippen molar-refractivity contribution in [1.29, 1.82) is 5.41 Å². The molecule has 0 bridgehead atoms. The van der Waals surface area contributed by atoms with Crippen LogP contribution in [0.2, 0.25) is 0 Å². The van der Waals surface area contributed by atoms with E-state index in [0.29, 0.717) is 24.2 Å². The van der Waals surface area contributed by atoms with Gasteiger partial charge in [0.15, 0.2) is 0 Å². The third kappa shape index (κ3) is 2.99. The monoisotopic (exact) mass is 271 g/mol. The van der Waals surface area contributed by atoms with Crippen LogP contribution in [0.15, 0.2) is 11.1 Å². The Hall–Kier alpha value is -0.730. The summed E-state index contributed by atoms with van der Waals surface area (Å²) in [6.07, 6.45) is -0.0729. The zero-order valence-corrected chi connectivity index (χ0v) is 12.6. The second-order valence-corrected chi connectivity index (χ2v) is 5.95. The third-order valence-electron chi connectivity index (χ3n) is 3.74. The molecule has 0 spiro atoms. The standard InChI is InChI=1S/C13H23FN3P/c1-5-13(3,4)12(18)17-6-9(8(2)14)10(7-17)11(15)16/h8,18H,5-7H2,1-4H3,(H3,15,16). The molecule has 1 rings (SSSR count). The van der Waals surface area contributed by atoms with Gasteiger partial charge in [0.25, 0.3) is 0 Å². The lowest BCUT2D eigenvalue weighted by molar-refractivity contribution is 0.379. The first kappa shape index (κ1) is 15.3. The normalized spacial score (nSPS) is 19.2. The van der Waals surface area contributed by atoms with Crippen LogP contribution in [0.1, 0.15) is 34.1 Å². The van der Waals surface area contributed by atoms with Crippen LogP contribution in [0.25, 0.3) is 0 Å². The molecule has 1 atom stereocenters. The van der Waals surface area contributed by atoms with E-state index in [-0.39, 0.29) is 11.3 Å². The number of halogens is 1. The van der Waals surface area contributed by atoms with Gasteiger partial charge in [-0.2, -0.15) is 0 Å². The average Bonchev–Trinajstić information content (AvgIpc) is 2.72. The SMILES string of the molecule is CCC(C)(C)C(=P)N1CC(C(=N)N)=C(C(C)F)C1. The number of hydrogen-bond donors (Lipinski definition) is 2. The summed E-state index contributed by atoms with van der Waals surface area (Å²) >= 11 is 0. The van der Waals surface area contributed by atoms with Crippen LogP contribution in [0, 0.1) is 10.8 Å². The minimum Gasteiger partial charge on any atom is -0.384 e. The highest BCUT2D eigenvalue weighted by Gasteiger charge is 2.33. The van der Waals surface area contributed by atoms with E-state index in [1.807, 2.05) is 0 Å². The molecule has 3 N–H and O–H groups in total. The highest BCUT2D eigenvalue weighted by molar-refractivity contribution is 7.21. The lowest BCUT2D eigenvalue weighted by Crippen LogP contribution is -2.38. The second-order valence-electron chi connectivity index (χ2n) is 5.48. The number of alkyl halides is 1. The maximum absolute atomic E-state index is 13.6. The number of nitrogens with two attached hydrogens (primary N) is 1. The highest BCUT2D eigenvalue weighted by Crippen LogP contribution is 2.30. The summed E-state index contributed by atoms with van der Waals surface area (Å²) in [6, 6.07) is 0. The molecule has 0 fully saturated rings. The molecule has 0 radical (unpaired) electrons. The molecule has 0 saturated heterocycles. The fourth-order valence-electron chi connectivity index (χ4n) is 2.03. The van der Waals surface area contributed by atoms with Gasteiger partial charge in [0, 0.05) is 29.5 Å². The van der Waals surface area contributed by atoms with Crippen LogP contribution in [-0.4, -0.2) is 35.4 Å². The lowest BCUT2D eigenvalue weighted by Gasteiger charge is -2.32. The molecule has 0 saturated carbocycles. The number of nitrogens with one attached hydrogen (secondary N) is 1. The van der Waals surface area contributed by atoms with Gasteiger partial charge in [0.05, 0.1) is 0 Å². The molecular formula is C13H23FN3P. The molecule has 3 nitrogen and oxygen atoms in total. The molecule has 0 aromatic carbocycles. The van der Waals surface area contributed by atoms with Crippen molar-refractivity contribution < 1.29 is 4.39 Å². The molecule has 1 aliphatic rings. The molecule has 0 aliphatic carbocycles. The van der Waals surface area contributed by atoms with E-state index in [0.717, 1.165) is 11.8 Å². The molecule has 1 unspecified atom stereocenters. The minimum atomic E-state index is -1.06. The Bertz CT molecular complexity index is 399. The molecule has 102 valence electrons. The summed E-state index contributed by atoms with van der Waals surface area (Å²) in [5.41, 5.74) is 7.85. The van der Waals surface area contributed by atoms with Gasteiger partial charge in [-0.1, -0.05) is 20.8 Å². The van der Waals surface area contributed by atoms with E-state index >= 15 is 0 Å². The molecule has 5 heteroatoms. The van der Waals surface area contributed by atoms with E-state index in [1.54, 1.807) is 0 Å². The van der Waals surface area contributed by atoms with Gasteiger partial charge in [-0.25, -0.2) is 4.39 Å². The summed E-state index contributed by atoms with van der Waals surface area (Å²) in [6.45, 7) is 8.92. The molecule has 1 heterocycles. The summed E-state index contributed by atoms with van der Waals surface area (Å²) in [7, 11) is 3.68. The summed E-state index contributed by atoms with van der Waals surface area (Å²) in [5.74, 6) is -0.0224. The van der Waals surface area contributed by atoms with E-state index in [9.17, 15) is 4.39 Å².